The lowest BCUT2D eigenvalue weighted by Gasteiger charge is -2.05. The summed E-state index contributed by atoms with van der Waals surface area (Å²) in [4.78, 5) is 30.8. The number of para-hydroxylation sites is 2. The van der Waals surface area contributed by atoms with Gasteiger partial charge in [0.05, 0.1) is 29.1 Å². The molecule has 0 fully saturated rings. The quantitative estimate of drug-likeness (QED) is 0.380. The Morgan fingerprint density at radius 2 is 1.71 bits per heavy atom. The van der Waals surface area contributed by atoms with E-state index in [0.29, 0.717) is 28.7 Å². The molecule has 0 radical (unpaired) electrons. The van der Waals surface area contributed by atoms with E-state index in [-0.39, 0.29) is 5.56 Å². The molecular weight excluding hydrogens is 426 g/mol. The smallest absolute Gasteiger partial charge is 0.265 e. The minimum absolute atomic E-state index is 0.155. The van der Waals surface area contributed by atoms with Crippen molar-refractivity contribution in [2.75, 3.05) is 0 Å². The molecule has 0 saturated heterocycles. The molecule has 34 heavy (non-hydrogen) atoms. The fourth-order valence-corrected chi connectivity index (χ4v) is 4.03. The highest BCUT2D eigenvalue weighted by Crippen LogP contribution is 2.24. The molecule has 0 bridgehead atoms. The van der Waals surface area contributed by atoms with Gasteiger partial charge in [-0.1, -0.05) is 42.5 Å². The van der Waals surface area contributed by atoms with Crippen molar-refractivity contribution in [2.45, 2.75) is 13.0 Å². The Balaban J connectivity index is 1.55. The van der Waals surface area contributed by atoms with Gasteiger partial charge >= 0.3 is 0 Å². The lowest BCUT2D eigenvalue weighted by atomic mass is 10.1. The summed E-state index contributed by atoms with van der Waals surface area (Å²) in [5.41, 5.74) is 4.75. The molecule has 0 aliphatic rings. The summed E-state index contributed by atoms with van der Waals surface area (Å²) < 4.78 is 3.23. The van der Waals surface area contributed by atoms with Crippen LogP contribution in [0.5, 0.6) is 0 Å². The van der Waals surface area contributed by atoms with E-state index in [1.807, 2.05) is 67.0 Å². The lowest BCUT2D eigenvalue weighted by Crippen LogP contribution is -2.21. The van der Waals surface area contributed by atoms with E-state index < -0.39 is 0 Å². The Bertz CT molecular complexity index is 1720. The van der Waals surface area contributed by atoms with Crippen LogP contribution in [0.2, 0.25) is 0 Å². The Morgan fingerprint density at radius 1 is 0.912 bits per heavy atom. The zero-order valence-corrected chi connectivity index (χ0v) is 18.2. The third-order valence-corrected chi connectivity index (χ3v) is 5.75. The summed E-state index contributed by atoms with van der Waals surface area (Å²) in [7, 11) is 0. The fourth-order valence-electron chi connectivity index (χ4n) is 4.03. The summed E-state index contributed by atoms with van der Waals surface area (Å²) in [6, 6.07) is 21.5. The number of aryl methyl sites for hydroxylation is 2. The first-order valence-corrected chi connectivity index (χ1v) is 11.0. The maximum Gasteiger partial charge on any atom is 0.265 e. The van der Waals surface area contributed by atoms with Crippen molar-refractivity contribution in [1.29, 1.82) is 0 Å². The zero-order valence-electron chi connectivity index (χ0n) is 18.2. The summed E-state index contributed by atoms with van der Waals surface area (Å²) in [5, 5.41) is 5.04. The molecule has 4 heterocycles. The molecule has 0 amide bonds. The topological polar surface area (TPSA) is 92.1 Å². The molecule has 6 aromatic rings. The molecular formula is C26H20N7O+. The van der Waals surface area contributed by atoms with E-state index >= 15 is 0 Å². The van der Waals surface area contributed by atoms with Crippen molar-refractivity contribution in [3.63, 3.8) is 0 Å². The first-order chi connectivity index (χ1) is 16.8. The molecule has 0 aliphatic carbocycles. The van der Waals surface area contributed by atoms with Gasteiger partial charge in [-0.3, -0.25) is 9.36 Å². The van der Waals surface area contributed by atoms with Crippen LogP contribution in [0.1, 0.15) is 11.1 Å². The van der Waals surface area contributed by atoms with E-state index in [2.05, 4.69) is 27.2 Å². The largest absolute Gasteiger partial charge is 0.298 e. The second-order valence-corrected chi connectivity index (χ2v) is 7.96. The first-order valence-electron chi connectivity index (χ1n) is 11.0. The number of nitrogens with one attached hydrogen (secondary N) is 1. The maximum absolute atomic E-state index is 13.6. The second kappa shape index (κ2) is 8.32. The van der Waals surface area contributed by atoms with Gasteiger partial charge in [0.15, 0.2) is 23.7 Å². The van der Waals surface area contributed by atoms with Crippen LogP contribution in [0.4, 0.5) is 0 Å². The van der Waals surface area contributed by atoms with E-state index in [4.69, 9.17) is 9.97 Å². The minimum Gasteiger partial charge on any atom is -0.298 e. The standard InChI is InChI=1S/C26H19N7O/c34-26-22-23-25(31-21-11-5-4-10-20(21)30-23)33(29-16-19-9-6-13-27-15-19)24(22)28-17-32(26)14-12-18-7-2-1-3-8-18/h1-11,13,15-17H,12,14H2/p+1. The van der Waals surface area contributed by atoms with Crippen LogP contribution in [0.3, 0.4) is 0 Å². The van der Waals surface area contributed by atoms with Gasteiger partial charge in [-0.25, -0.2) is 19.9 Å². The molecule has 0 aliphatic heterocycles. The molecule has 0 unspecified atom stereocenters. The van der Waals surface area contributed by atoms with Crippen molar-refractivity contribution in [3.05, 3.63) is 107 Å². The van der Waals surface area contributed by atoms with Gasteiger partial charge in [0.25, 0.3) is 5.56 Å². The van der Waals surface area contributed by atoms with Gasteiger partial charge in [-0.15, -0.1) is 0 Å². The van der Waals surface area contributed by atoms with Crippen molar-refractivity contribution in [2.24, 2.45) is 5.10 Å². The van der Waals surface area contributed by atoms with E-state index in [0.717, 1.165) is 28.6 Å². The highest BCUT2D eigenvalue weighted by molar-refractivity contribution is 6.04. The van der Waals surface area contributed by atoms with Crippen LogP contribution in [-0.4, -0.2) is 30.4 Å². The zero-order chi connectivity index (χ0) is 22.9. The van der Waals surface area contributed by atoms with Gasteiger partial charge in [0.2, 0.25) is 0 Å². The van der Waals surface area contributed by atoms with Crippen molar-refractivity contribution < 1.29 is 4.98 Å². The van der Waals surface area contributed by atoms with E-state index in [1.54, 1.807) is 21.8 Å². The molecule has 0 spiro atoms. The normalized spacial score (nSPS) is 11.8. The number of H-pyrrole nitrogens is 1. The molecule has 4 aromatic heterocycles. The number of aromatic amines is 1. The maximum atomic E-state index is 13.6. The molecule has 1 N–H and O–H groups in total. The SMILES string of the molecule is O=c1c2c3nc4ccccc4nc3n(N=Cc3ccc[nH+]c3)c2ncn1CCc1ccccc1. The third-order valence-electron chi connectivity index (χ3n) is 5.75. The predicted molar refractivity (Wildman–Crippen MR) is 131 cm³/mol. The molecule has 8 heteroatoms. The Morgan fingerprint density at radius 3 is 2.50 bits per heavy atom. The van der Waals surface area contributed by atoms with Gasteiger partial charge in [0, 0.05) is 12.6 Å². The summed E-state index contributed by atoms with van der Waals surface area (Å²) in [6.45, 7) is 0.516. The van der Waals surface area contributed by atoms with Crippen LogP contribution >= 0.6 is 0 Å². The molecule has 2 aromatic carbocycles. The molecule has 164 valence electrons. The van der Waals surface area contributed by atoms with Crippen LogP contribution in [0.25, 0.3) is 33.2 Å². The van der Waals surface area contributed by atoms with Crippen molar-refractivity contribution >= 4 is 39.4 Å². The van der Waals surface area contributed by atoms with Crippen molar-refractivity contribution in [3.8, 4) is 0 Å². The predicted octanol–water partition coefficient (Wildman–Crippen LogP) is 3.23. The number of pyridine rings is 1. The van der Waals surface area contributed by atoms with Gasteiger partial charge in [-0.05, 0) is 30.2 Å². The van der Waals surface area contributed by atoms with Crippen LogP contribution in [-0.2, 0) is 13.0 Å². The number of hydrogen-bond donors (Lipinski definition) is 0. The highest BCUT2D eigenvalue weighted by Gasteiger charge is 2.19. The summed E-state index contributed by atoms with van der Waals surface area (Å²) >= 11 is 0. The first kappa shape index (κ1) is 19.9. The minimum atomic E-state index is -0.155. The lowest BCUT2D eigenvalue weighted by molar-refractivity contribution is -0.378. The molecule has 0 saturated carbocycles. The number of fused-ring (bicyclic) bond motifs is 4. The summed E-state index contributed by atoms with van der Waals surface area (Å²) in [5.74, 6) is 0. The number of nitrogens with zero attached hydrogens (tertiary/aromatic N) is 6. The third kappa shape index (κ3) is 3.51. The van der Waals surface area contributed by atoms with Gasteiger partial charge in [-0.2, -0.15) is 9.78 Å². The number of hydrogen-bond acceptors (Lipinski definition) is 5. The van der Waals surface area contributed by atoms with Crippen LogP contribution in [0, 0.1) is 0 Å². The fraction of sp³-hybridized carbons (Fsp3) is 0.0769. The van der Waals surface area contributed by atoms with Crippen LogP contribution in [0.15, 0.2) is 95.3 Å². The van der Waals surface area contributed by atoms with Gasteiger partial charge < -0.3 is 0 Å². The van der Waals surface area contributed by atoms with E-state index in [9.17, 15) is 4.79 Å². The molecule has 8 nitrogen and oxygen atoms in total. The average molecular weight is 446 g/mol. The number of benzene rings is 2. The molecule has 0 atom stereocenters. The summed E-state index contributed by atoms with van der Waals surface area (Å²) in [6.07, 6.45) is 7.67. The average Bonchev–Trinajstić information content (AvgIpc) is 3.20. The monoisotopic (exact) mass is 446 g/mol. The Hall–Kier alpha value is -4.72. The highest BCUT2D eigenvalue weighted by atomic mass is 16.1. The Labute approximate surface area is 193 Å². The second-order valence-electron chi connectivity index (χ2n) is 7.96. The van der Waals surface area contributed by atoms with Crippen LogP contribution < -0.4 is 10.5 Å². The Kier molecular flexibility index (Phi) is 4.88. The van der Waals surface area contributed by atoms with E-state index in [1.165, 1.54) is 0 Å². The van der Waals surface area contributed by atoms with Crippen molar-refractivity contribution in [1.82, 2.24) is 24.2 Å². The van der Waals surface area contributed by atoms with Gasteiger partial charge in [0.1, 0.15) is 10.9 Å². The molecule has 6 rings (SSSR count). The number of rotatable bonds is 5. The number of aromatic nitrogens is 6.